The summed E-state index contributed by atoms with van der Waals surface area (Å²) in [6.45, 7) is 11.0. The summed E-state index contributed by atoms with van der Waals surface area (Å²) in [6.07, 6.45) is 2.87. The minimum Gasteiger partial charge on any atom is -0.359 e. The van der Waals surface area contributed by atoms with Crippen molar-refractivity contribution in [3.63, 3.8) is 0 Å². The van der Waals surface area contributed by atoms with Gasteiger partial charge < -0.3 is 15.2 Å². The van der Waals surface area contributed by atoms with Crippen LogP contribution in [0.5, 0.6) is 0 Å². The van der Waals surface area contributed by atoms with E-state index in [9.17, 15) is 9.59 Å². The Morgan fingerprint density at radius 2 is 1.93 bits per heavy atom. The van der Waals surface area contributed by atoms with Gasteiger partial charge in [-0.2, -0.15) is 0 Å². The second-order valence-electron chi connectivity index (χ2n) is 7.46. The molecule has 0 unspecified atom stereocenters. The van der Waals surface area contributed by atoms with Crippen LogP contribution in [-0.4, -0.2) is 41.2 Å². The van der Waals surface area contributed by atoms with E-state index in [1.165, 1.54) is 0 Å². The Hall–Kier alpha value is -2.18. The molecule has 154 valence electrons. The Kier molecular flexibility index (Phi) is 6.75. The second-order valence-corrected chi connectivity index (χ2v) is 8.38. The largest absolute Gasteiger partial charge is 0.359 e. The minimum atomic E-state index is -0.110. The first kappa shape index (κ1) is 21.5. The van der Waals surface area contributed by atoms with Gasteiger partial charge in [0.1, 0.15) is 5.78 Å². The van der Waals surface area contributed by atoms with Crippen molar-refractivity contribution in [2.24, 2.45) is 0 Å². The molecule has 1 aliphatic rings. The number of fused-ring (bicyclic) bond motifs is 1. The number of amides is 1. The third-order valence-corrected chi connectivity index (χ3v) is 6.15. The van der Waals surface area contributed by atoms with Gasteiger partial charge in [0, 0.05) is 46.5 Å². The number of nitrogens with zero attached hydrogens (tertiary/aromatic N) is 1. The summed E-state index contributed by atoms with van der Waals surface area (Å²) >= 11 is 3.48. The number of carbonyl (C=O) groups is 2. The number of H-pyrrole nitrogens is 1. The number of Topliss-reactive ketones (excluding diaryl/α,β-unsaturated/α-hetero) is 1. The molecule has 0 aliphatic carbocycles. The number of anilines is 1. The molecule has 2 heterocycles. The highest BCUT2D eigenvalue weighted by Gasteiger charge is 2.25. The van der Waals surface area contributed by atoms with Gasteiger partial charge in [0.05, 0.1) is 5.57 Å². The van der Waals surface area contributed by atoms with Gasteiger partial charge in [-0.1, -0.05) is 29.8 Å². The first-order valence-electron chi connectivity index (χ1n) is 10.1. The van der Waals surface area contributed by atoms with E-state index in [-0.39, 0.29) is 11.7 Å². The van der Waals surface area contributed by atoms with Crippen LogP contribution in [0.1, 0.15) is 48.3 Å². The monoisotopic (exact) mass is 457 g/mol. The number of ketones is 1. The summed E-state index contributed by atoms with van der Waals surface area (Å²) in [5, 5.41) is 2.91. The van der Waals surface area contributed by atoms with Crippen LogP contribution in [0.3, 0.4) is 0 Å². The molecule has 0 spiro atoms. The lowest BCUT2D eigenvalue weighted by atomic mass is 10.0. The fourth-order valence-electron chi connectivity index (χ4n) is 3.78. The van der Waals surface area contributed by atoms with Crippen LogP contribution < -0.4 is 5.32 Å². The summed E-state index contributed by atoms with van der Waals surface area (Å²) in [5.74, 6) is 0.135. The van der Waals surface area contributed by atoms with Crippen LogP contribution in [0.25, 0.3) is 11.6 Å². The summed E-state index contributed by atoms with van der Waals surface area (Å²) in [5.41, 5.74) is 6.26. The van der Waals surface area contributed by atoms with Crippen molar-refractivity contribution in [1.29, 1.82) is 0 Å². The number of hydrogen-bond donors (Lipinski definition) is 2. The van der Waals surface area contributed by atoms with Gasteiger partial charge in [0.25, 0.3) is 5.91 Å². The SMILES string of the molecule is CCN(CC)CCC(=O)Cc1c(C)[nH]c(/C=C2\C(=O)Nc3ccc(Br)cc32)c1C. The fourth-order valence-corrected chi connectivity index (χ4v) is 4.14. The van der Waals surface area contributed by atoms with Gasteiger partial charge >= 0.3 is 0 Å². The van der Waals surface area contributed by atoms with Crippen molar-refractivity contribution >= 4 is 45.0 Å². The van der Waals surface area contributed by atoms with Crippen LogP contribution in [0, 0.1) is 13.8 Å². The molecule has 0 saturated heterocycles. The molecule has 5 nitrogen and oxygen atoms in total. The zero-order chi connectivity index (χ0) is 21.1. The molecule has 6 heteroatoms. The van der Waals surface area contributed by atoms with Gasteiger partial charge in [-0.3, -0.25) is 9.59 Å². The first-order valence-corrected chi connectivity index (χ1v) is 10.9. The Morgan fingerprint density at radius 3 is 2.62 bits per heavy atom. The lowest BCUT2D eigenvalue weighted by Gasteiger charge is -2.17. The summed E-state index contributed by atoms with van der Waals surface area (Å²) in [4.78, 5) is 30.6. The van der Waals surface area contributed by atoms with Gasteiger partial charge in [0.2, 0.25) is 0 Å². The van der Waals surface area contributed by atoms with Crippen molar-refractivity contribution in [3.8, 4) is 0 Å². The molecule has 0 atom stereocenters. The molecule has 29 heavy (non-hydrogen) atoms. The van der Waals surface area contributed by atoms with Crippen molar-refractivity contribution in [2.75, 3.05) is 25.0 Å². The normalized spacial score (nSPS) is 14.6. The number of rotatable bonds is 8. The molecule has 3 rings (SSSR count). The van der Waals surface area contributed by atoms with E-state index < -0.39 is 0 Å². The van der Waals surface area contributed by atoms with E-state index in [1.54, 1.807) is 0 Å². The number of carbonyl (C=O) groups excluding carboxylic acids is 2. The third kappa shape index (κ3) is 4.70. The number of aryl methyl sites for hydroxylation is 1. The lowest BCUT2D eigenvalue weighted by molar-refractivity contribution is -0.118. The standard InChI is InChI=1S/C23H28BrN3O2/c1-5-27(6-2)10-9-17(28)12-18-14(3)22(25-15(18)4)13-20-19-11-16(24)7-8-21(19)26-23(20)29/h7-8,11,13,25H,5-6,9-10,12H2,1-4H3,(H,26,29)/b20-13-. The number of aromatic amines is 1. The highest BCUT2D eigenvalue weighted by atomic mass is 79.9. The Labute approximate surface area is 180 Å². The van der Waals surface area contributed by atoms with Gasteiger partial charge in [-0.25, -0.2) is 0 Å². The molecule has 2 N–H and O–H groups in total. The van der Waals surface area contributed by atoms with E-state index in [4.69, 9.17) is 0 Å². The van der Waals surface area contributed by atoms with E-state index in [0.717, 1.165) is 57.9 Å². The molecule has 0 saturated carbocycles. The Morgan fingerprint density at radius 1 is 1.21 bits per heavy atom. The highest BCUT2D eigenvalue weighted by molar-refractivity contribution is 9.10. The maximum absolute atomic E-state index is 12.5. The average Bonchev–Trinajstić information content (AvgIpc) is 3.13. The quantitative estimate of drug-likeness (QED) is 0.563. The van der Waals surface area contributed by atoms with Crippen molar-refractivity contribution in [1.82, 2.24) is 9.88 Å². The zero-order valence-electron chi connectivity index (χ0n) is 17.5. The predicted octanol–water partition coefficient (Wildman–Crippen LogP) is 4.73. The smallest absolute Gasteiger partial charge is 0.256 e. The van der Waals surface area contributed by atoms with Crippen molar-refractivity contribution in [2.45, 2.75) is 40.5 Å². The predicted molar refractivity (Wildman–Crippen MR) is 122 cm³/mol. The molecule has 1 amide bonds. The lowest BCUT2D eigenvalue weighted by Crippen LogP contribution is -2.26. The van der Waals surface area contributed by atoms with Crippen LogP contribution >= 0.6 is 15.9 Å². The Balaban J connectivity index is 1.82. The Bertz CT molecular complexity index is 971. The van der Waals surface area contributed by atoms with E-state index in [2.05, 4.69) is 45.0 Å². The first-order chi connectivity index (χ1) is 13.8. The molecular formula is C23H28BrN3O2. The van der Waals surface area contributed by atoms with Crippen molar-refractivity contribution < 1.29 is 9.59 Å². The molecule has 1 aliphatic heterocycles. The van der Waals surface area contributed by atoms with Gasteiger partial charge in [-0.15, -0.1) is 0 Å². The summed E-state index contributed by atoms with van der Waals surface area (Å²) < 4.78 is 0.928. The molecule has 0 fully saturated rings. The van der Waals surface area contributed by atoms with Crippen molar-refractivity contribution in [3.05, 3.63) is 50.8 Å². The summed E-state index contributed by atoms with van der Waals surface area (Å²) in [7, 11) is 0. The van der Waals surface area contributed by atoms with Crippen LogP contribution in [0.4, 0.5) is 5.69 Å². The fraction of sp³-hybridized carbons (Fsp3) is 0.391. The van der Waals surface area contributed by atoms with Crippen LogP contribution in [0.2, 0.25) is 0 Å². The number of aromatic nitrogens is 1. The number of benzene rings is 1. The van der Waals surface area contributed by atoms with Crippen LogP contribution in [-0.2, 0) is 16.0 Å². The van der Waals surface area contributed by atoms with E-state index in [0.29, 0.717) is 18.4 Å². The number of halogens is 1. The maximum atomic E-state index is 12.5. The maximum Gasteiger partial charge on any atom is 0.256 e. The average molecular weight is 458 g/mol. The molecule has 1 aromatic carbocycles. The molecule has 0 bridgehead atoms. The molecule has 1 aromatic heterocycles. The topological polar surface area (TPSA) is 65.2 Å². The molecule has 2 aromatic rings. The summed E-state index contributed by atoms with van der Waals surface area (Å²) in [6, 6.07) is 5.75. The highest BCUT2D eigenvalue weighted by Crippen LogP contribution is 2.35. The van der Waals surface area contributed by atoms with E-state index in [1.807, 2.05) is 38.1 Å². The molecular weight excluding hydrogens is 430 g/mol. The van der Waals surface area contributed by atoms with Crippen LogP contribution in [0.15, 0.2) is 22.7 Å². The number of hydrogen-bond acceptors (Lipinski definition) is 3. The number of nitrogens with one attached hydrogen (secondary N) is 2. The zero-order valence-corrected chi connectivity index (χ0v) is 19.1. The van der Waals surface area contributed by atoms with E-state index >= 15 is 0 Å². The molecule has 0 radical (unpaired) electrons. The van der Waals surface area contributed by atoms with Gasteiger partial charge in [0.15, 0.2) is 0 Å². The third-order valence-electron chi connectivity index (χ3n) is 5.66. The van der Waals surface area contributed by atoms with Gasteiger partial charge in [-0.05, 0) is 62.3 Å². The minimum absolute atomic E-state index is 0.110. The second kappa shape index (κ2) is 9.09.